The molecule has 0 bridgehead atoms. The fourth-order valence-electron chi connectivity index (χ4n) is 3.64. The molecule has 204 valence electrons. The summed E-state index contributed by atoms with van der Waals surface area (Å²) >= 11 is 4.33. The standard InChI is InChI=1S/2C12H13IN2O2.2ClH.Pd/c2*1-17-12(16)9(14)6-8-7-4-2-3-5-10(7)15-11(8)13;;;/h2*2-5,9,15H,6,14H2,1H3;2*1H;/q;;;;+2/p-2/t2*9-;;;/m00.../s1. The Hall–Kier alpha value is -0.918. The van der Waals surface area contributed by atoms with E-state index in [0.717, 1.165) is 40.3 Å². The zero-order valence-corrected chi connectivity index (χ0v) is 27.2. The maximum atomic E-state index is 11.3. The molecule has 0 spiro atoms. The number of carbonyl (C=O) groups is 2. The maximum absolute atomic E-state index is 11.3. The van der Waals surface area contributed by atoms with Crippen molar-refractivity contribution in [2.45, 2.75) is 24.9 Å². The van der Waals surface area contributed by atoms with Crippen molar-refractivity contribution >= 4 is 98.0 Å². The number of fused-ring (bicyclic) bond motifs is 2. The number of aromatic nitrogens is 2. The number of hydrogen-bond donors (Lipinski definition) is 4. The van der Waals surface area contributed by atoms with Gasteiger partial charge in [-0.3, -0.25) is 9.59 Å². The molecule has 0 saturated carbocycles. The summed E-state index contributed by atoms with van der Waals surface area (Å²) in [6.45, 7) is 0. The van der Waals surface area contributed by atoms with Gasteiger partial charge in [-0.2, -0.15) is 0 Å². The number of nitrogens with one attached hydrogen (secondary N) is 2. The first kappa shape index (κ1) is 32.3. The van der Waals surface area contributed by atoms with E-state index < -0.39 is 12.1 Å². The van der Waals surface area contributed by atoms with Crippen LogP contribution in [0.15, 0.2) is 48.5 Å². The van der Waals surface area contributed by atoms with Crippen LogP contribution in [0.3, 0.4) is 0 Å². The summed E-state index contributed by atoms with van der Waals surface area (Å²) in [5.41, 5.74) is 15.8. The molecule has 37 heavy (non-hydrogen) atoms. The number of H-pyrrole nitrogens is 2. The Labute approximate surface area is 258 Å². The van der Waals surface area contributed by atoms with E-state index in [1.807, 2.05) is 48.5 Å². The Morgan fingerprint density at radius 2 is 1.14 bits per heavy atom. The van der Waals surface area contributed by atoms with Crippen molar-refractivity contribution in [1.29, 1.82) is 0 Å². The zero-order chi connectivity index (χ0) is 27.5. The average Bonchev–Trinajstić information content (AvgIpc) is 3.39. The van der Waals surface area contributed by atoms with E-state index in [4.69, 9.17) is 30.5 Å². The molecule has 0 unspecified atom stereocenters. The van der Waals surface area contributed by atoms with Gasteiger partial charge in [0.25, 0.3) is 0 Å². The number of aromatic amines is 2. The number of rotatable bonds is 6. The predicted octanol–water partition coefficient (Wildman–Crippen LogP) is 5.01. The summed E-state index contributed by atoms with van der Waals surface area (Å²) in [4.78, 5) is 29.2. The second kappa shape index (κ2) is 16.2. The Kier molecular flexibility index (Phi) is 14.2. The van der Waals surface area contributed by atoms with Crippen LogP contribution in [0.1, 0.15) is 11.1 Å². The van der Waals surface area contributed by atoms with Gasteiger partial charge in [-0.25, -0.2) is 0 Å². The Morgan fingerprint density at radius 3 is 1.46 bits per heavy atom. The fraction of sp³-hybridized carbons (Fsp3) is 0.250. The zero-order valence-electron chi connectivity index (χ0n) is 19.8. The average molecular weight is 866 g/mol. The first-order valence-electron chi connectivity index (χ1n) is 10.7. The number of esters is 2. The molecule has 2 heterocycles. The molecule has 2 aromatic carbocycles. The molecule has 0 saturated heterocycles. The van der Waals surface area contributed by atoms with Crippen molar-refractivity contribution in [3.8, 4) is 0 Å². The minimum atomic E-state index is -0.618. The molecule has 0 aliphatic heterocycles. The minimum absolute atomic E-state index is 0.106. The second-order valence-electron chi connectivity index (χ2n) is 7.64. The molecule has 4 aromatic rings. The van der Waals surface area contributed by atoms with E-state index in [1.54, 1.807) is 0 Å². The molecule has 2 atom stereocenters. The first-order chi connectivity index (χ1) is 17.7. The summed E-state index contributed by atoms with van der Waals surface area (Å²) in [6.07, 6.45) is 0.962. The normalized spacial score (nSPS) is 12.2. The third kappa shape index (κ3) is 9.06. The molecule has 0 aliphatic rings. The molecule has 0 fully saturated rings. The van der Waals surface area contributed by atoms with Crippen LogP contribution in [0.4, 0.5) is 0 Å². The summed E-state index contributed by atoms with van der Waals surface area (Å²) in [7, 11) is 12.3. The van der Waals surface area contributed by atoms with E-state index >= 15 is 0 Å². The molecule has 6 N–H and O–H groups in total. The van der Waals surface area contributed by atoms with Gasteiger partial charge in [-0.1, -0.05) is 36.4 Å². The topological polar surface area (TPSA) is 136 Å². The van der Waals surface area contributed by atoms with Gasteiger partial charge < -0.3 is 30.9 Å². The van der Waals surface area contributed by atoms with Crippen molar-refractivity contribution in [2.75, 3.05) is 14.2 Å². The number of hydrogen-bond acceptors (Lipinski definition) is 6. The van der Waals surface area contributed by atoms with Gasteiger partial charge in [0.2, 0.25) is 0 Å². The number of nitrogens with two attached hydrogens (primary N) is 2. The van der Waals surface area contributed by atoms with Gasteiger partial charge in [-0.15, -0.1) is 0 Å². The van der Waals surface area contributed by atoms with Gasteiger partial charge >= 0.3 is 46.9 Å². The number of carbonyl (C=O) groups excluding carboxylic acids is 2. The summed E-state index contributed by atoms with van der Waals surface area (Å²) in [5, 5.41) is 2.22. The van der Waals surface area contributed by atoms with E-state index in [9.17, 15) is 9.59 Å². The summed E-state index contributed by atoms with van der Waals surface area (Å²) < 4.78 is 11.3. The predicted molar refractivity (Wildman–Crippen MR) is 161 cm³/mol. The van der Waals surface area contributed by atoms with E-state index in [0.29, 0.717) is 12.8 Å². The number of benzene rings is 2. The molecule has 0 amide bonds. The van der Waals surface area contributed by atoms with Gasteiger partial charge in [-0.05, 0) is 68.4 Å². The quantitative estimate of drug-likeness (QED) is 0.122. The first-order valence-corrected chi connectivity index (χ1v) is 16.8. The summed E-state index contributed by atoms with van der Waals surface area (Å²) in [5.74, 6) is -0.767. The van der Waals surface area contributed by atoms with Crippen molar-refractivity contribution in [1.82, 2.24) is 9.97 Å². The number of methoxy groups -OCH3 is 2. The Balaban J connectivity index is 0.000000235. The van der Waals surface area contributed by atoms with Gasteiger partial charge in [0, 0.05) is 34.6 Å². The second-order valence-corrected chi connectivity index (χ2v) is 12.2. The summed E-state index contributed by atoms with van der Waals surface area (Å²) in [6, 6.07) is 14.7. The Bertz CT molecular complexity index is 1230. The van der Waals surface area contributed by atoms with Gasteiger partial charge in [0.05, 0.1) is 21.6 Å². The van der Waals surface area contributed by atoms with Crippen LogP contribution in [0.25, 0.3) is 21.8 Å². The third-order valence-electron chi connectivity index (χ3n) is 5.38. The SMILES string of the molecule is COC(=O)[C@@H](N)Cc1c(I)[nH]c2ccccc12.COC(=O)[C@@H](N)Cc1c(I)[nH]c2ccccc12.[Cl][Pd][Cl]. The Morgan fingerprint density at radius 1 is 0.811 bits per heavy atom. The van der Waals surface area contributed by atoms with Crippen molar-refractivity contribution in [2.24, 2.45) is 11.5 Å². The van der Waals surface area contributed by atoms with Crippen molar-refractivity contribution in [3.63, 3.8) is 0 Å². The molecule has 13 heteroatoms. The monoisotopic (exact) mass is 864 g/mol. The number of halogens is 4. The van der Waals surface area contributed by atoms with Crippen LogP contribution in [-0.2, 0) is 47.8 Å². The molecule has 0 radical (unpaired) electrons. The van der Waals surface area contributed by atoms with Crippen molar-refractivity contribution < 1.29 is 35.0 Å². The molecule has 8 nitrogen and oxygen atoms in total. The van der Waals surface area contributed by atoms with Gasteiger partial charge in [0.1, 0.15) is 12.1 Å². The van der Waals surface area contributed by atoms with Crippen LogP contribution in [0, 0.1) is 7.40 Å². The van der Waals surface area contributed by atoms with E-state index in [1.165, 1.54) is 14.2 Å². The van der Waals surface area contributed by atoms with Crippen LogP contribution >= 0.6 is 64.2 Å². The molecule has 0 aliphatic carbocycles. The third-order valence-corrected chi connectivity index (χ3v) is 7.22. The number of ether oxygens (including phenoxy) is 2. The van der Waals surface area contributed by atoms with E-state index in [2.05, 4.69) is 64.6 Å². The van der Waals surface area contributed by atoms with Crippen LogP contribution in [0.2, 0.25) is 0 Å². The molecular weight excluding hydrogens is 839 g/mol. The van der Waals surface area contributed by atoms with Crippen LogP contribution in [0.5, 0.6) is 0 Å². The van der Waals surface area contributed by atoms with Crippen molar-refractivity contribution in [3.05, 3.63) is 67.1 Å². The molecule has 4 rings (SSSR count). The van der Waals surface area contributed by atoms with E-state index in [-0.39, 0.29) is 27.9 Å². The molecule has 2 aromatic heterocycles. The van der Waals surface area contributed by atoms with Crippen LogP contribution < -0.4 is 11.5 Å². The fourth-order valence-corrected chi connectivity index (χ4v) is 5.25. The van der Waals surface area contributed by atoms with Gasteiger partial charge in [0.15, 0.2) is 0 Å². The number of para-hydroxylation sites is 2. The van der Waals surface area contributed by atoms with Crippen LogP contribution in [-0.4, -0.2) is 48.2 Å². The molecular formula is C24H26Cl2I2N4O4Pd.